The monoisotopic (exact) mass is 545 g/mol. The predicted molar refractivity (Wildman–Crippen MR) is 134 cm³/mol. The summed E-state index contributed by atoms with van der Waals surface area (Å²) in [6.07, 6.45) is -1.75. The number of carbonyl (C=O) groups excluding carboxylic acids is 1. The fourth-order valence-corrected chi connectivity index (χ4v) is 4.44. The van der Waals surface area contributed by atoms with Crippen molar-refractivity contribution in [1.82, 2.24) is 29.7 Å². The van der Waals surface area contributed by atoms with Crippen molar-refractivity contribution in [3.63, 3.8) is 0 Å². The van der Waals surface area contributed by atoms with Crippen LogP contribution >= 0.6 is 11.6 Å². The number of rotatable bonds is 6. The number of anilines is 1. The summed E-state index contributed by atoms with van der Waals surface area (Å²) in [6.45, 7) is 2.89. The first-order valence-corrected chi connectivity index (χ1v) is 12.0. The Morgan fingerprint density at radius 1 is 1.21 bits per heavy atom. The maximum absolute atomic E-state index is 13.5. The van der Waals surface area contributed by atoms with Crippen LogP contribution in [0.4, 0.5) is 18.9 Å². The zero-order valence-electron chi connectivity index (χ0n) is 20.4. The van der Waals surface area contributed by atoms with Gasteiger partial charge in [0.25, 0.3) is 5.91 Å². The largest absolute Gasteiger partial charge is 0.416 e. The first-order chi connectivity index (χ1) is 18.0. The number of β-amino-alcohol motifs (C(OH)–C–C–N with tert-alkyl or cyclic N) is 1. The van der Waals surface area contributed by atoms with Crippen molar-refractivity contribution < 1.29 is 23.1 Å². The number of aryl methyl sites for hydroxylation is 1. The topological polar surface area (TPSA) is 101 Å². The molecule has 0 aliphatic carbocycles. The van der Waals surface area contributed by atoms with E-state index in [0.717, 1.165) is 23.4 Å². The van der Waals surface area contributed by atoms with E-state index in [-0.39, 0.29) is 17.8 Å². The van der Waals surface area contributed by atoms with Crippen molar-refractivity contribution in [1.29, 1.82) is 0 Å². The number of hydrogen-bond donors (Lipinski definition) is 2. The molecule has 1 aliphatic rings. The van der Waals surface area contributed by atoms with Crippen LogP contribution in [-0.4, -0.2) is 59.9 Å². The van der Waals surface area contributed by atoms with Gasteiger partial charge in [-0.15, -0.1) is 5.10 Å². The molecule has 1 aliphatic heterocycles. The van der Waals surface area contributed by atoms with Gasteiger partial charge < -0.3 is 10.4 Å². The molecule has 0 spiro atoms. The van der Waals surface area contributed by atoms with Crippen molar-refractivity contribution in [3.8, 4) is 16.9 Å². The smallest absolute Gasteiger partial charge is 0.390 e. The van der Waals surface area contributed by atoms with Gasteiger partial charge in [-0.2, -0.15) is 18.3 Å². The van der Waals surface area contributed by atoms with E-state index in [1.807, 2.05) is 18.9 Å². The molecule has 1 saturated heterocycles. The third-order valence-corrected chi connectivity index (χ3v) is 6.70. The molecule has 1 fully saturated rings. The van der Waals surface area contributed by atoms with Crippen LogP contribution in [0.5, 0.6) is 0 Å². The quantitative estimate of drug-likeness (QED) is 0.379. The summed E-state index contributed by atoms with van der Waals surface area (Å²) < 4.78 is 43.7. The number of amides is 1. The Labute approximate surface area is 220 Å². The minimum atomic E-state index is -4.59. The van der Waals surface area contributed by atoms with Crippen molar-refractivity contribution in [2.75, 3.05) is 18.4 Å². The van der Waals surface area contributed by atoms with Gasteiger partial charge in [-0.1, -0.05) is 16.8 Å². The second kappa shape index (κ2) is 9.86. The number of aliphatic hydroxyl groups is 1. The number of alkyl halides is 3. The molecule has 0 saturated carbocycles. The zero-order chi connectivity index (χ0) is 27.2. The number of halogens is 4. The van der Waals surface area contributed by atoms with Gasteiger partial charge in [-0.05, 0) is 48.9 Å². The molecule has 198 valence electrons. The number of benzene rings is 2. The Balaban J connectivity index is 1.40. The van der Waals surface area contributed by atoms with Gasteiger partial charge in [0.05, 0.1) is 34.8 Å². The molecule has 2 aromatic carbocycles. The lowest BCUT2D eigenvalue weighted by molar-refractivity contribution is -0.137. The third-order valence-electron chi connectivity index (χ3n) is 6.38. The lowest BCUT2D eigenvalue weighted by atomic mass is 10.1. The van der Waals surface area contributed by atoms with Crippen LogP contribution in [0.25, 0.3) is 16.9 Å². The molecular weight excluding hydrogens is 523 g/mol. The van der Waals surface area contributed by atoms with E-state index in [2.05, 4.69) is 20.7 Å². The van der Waals surface area contributed by atoms with Crippen molar-refractivity contribution in [3.05, 3.63) is 76.2 Å². The van der Waals surface area contributed by atoms with Gasteiger partial charge in [0.2, 0.25) is 0 Å². The van der Waals surface area contributed by atoms with Crippen molar-refractivity contribution in [2.24, 2.45) is 7.05 Å². The second-order valence-electron chi connectivity index (χ2n) is 9.20. The molecule has 2 aromatic heterocycles. The first kappa shape index (κ1) is 25.9. The van der Waals surface area contributed by atoms with Crippen LogP contribution in [-0.2, 0) is 19.8 Å². The van der Waals surface area contributed by atoms with Crippen LogP contribution in [0.3, 0.4) is 0 Å². The van der Waals surface area contributed by atoms with E-state index in [1.54, 1.807) is 17.1 Å². The van der Waals surface area contributed by atoms with Gasteiger partial charge in [-0.3, -0.25) is 14.4 Å². The molecule has 9 nitrogen and oxygen atoms in total. The number of hydrogen-bond acceptors (Lipinski definition) is 6. The maximum atomic E-state index is 13.5. The SMILES string of the molecule is Cc1c(-c2cn(-c3cc(C(=O)Nc4cc(CN5CC(O)C5)cc(C(F)(F)F)c4)ccc3Cl)nn2)cnn1C. The number of aliphatic hydroxyl groups excluding tert-OH is 1. The predicted octanol–water partition coefficient (Wildman–Crippen LogP) is 4.08. The Bertz CT molecular complexity index is 1510. The molecule has 1 amide bonds. The highest BCUT2D eigenvalue weighted by molar-refractivity contribution is 6.32. The lowest BCUT2D eigenvalue weighted by Gasteiger charge is -2.36. The summed E-state index contributed by atoms with van der Waals surface area (Å²) in [5.74, 6) is -0.615. The van der Waals surface area contributed by atoms with E-state index < -0.39 is 23.8 Å². The molecule has 0 radical (unpaired) electrons. The van der Waals surface area contributed by atoms with Gasteiger partial charge >= 0.3 is 6.18 Å². The Hall–Kier alpha value is -3.74. The van der Waals surface area contributed by atoms with Crippen LogP contribution < -0.4 is 5.32 Å². The Kier molecular flexibility index (Phi) is 6.72. The molecule has 0 unspecified atom stereocenters. The Morgan fingerprint density at radius 3 is 2.63 bits per heavy atom. The van der Waals surface area contributed by atoms with E-state index in [1.165, 1.54) is 28.9 Å². The minimum Gasteiger partial charge on any atom is -0.390 e. The van der Waals surface area contributed by atoms with Crippen LogP contribution in [0.15, 0.2) is 48.8 Å². The minimum absolute atomic E-state index is 0.00694. The van der Waals surface area contributed by atoms with Crippen molar-refractivity contribution >= 4 is 23.2 Å². The van der Waals surface area contributed by atoms with E-state index >= 15 is 0 Å². The molecule has 38 heavy (non-hydrogen) atoms. The second-order valence-corrected chi connectivity index (χ2v) is 9.61. The highest BCUT2D eigenvalue weighted by Crippen LogP contribution is 2.33. The van der Waals surface area contributed by atoms with Crippen LogP contribution in [0.2, 0.25) is 5.02 Å². The Morgan fingerprint density at radius 2 is 1.97 bits per heavy atom. The molecule has 0 bridgehead atoms. The van der Waals surface area contributed by atoms with Crippen LogP contribution in [0.1, 0.15) is 27.2 Å². The molecule has 2 N–H and O–H groups in total. The van der Waals surface area contributed by atoms with Gasteiger partial charge in [0, 0.05) is 49.2 Å². The number of nitrogens with one attached hydrogen (secondary N) is 1. The normalized spacial score (nSPS) is 14.5. The molecule has 3 heterocycles. The number of likely N-dealkylation sites (tertiary alicyclic amines) is 1. The van der Waals surface area contributed by atoms with E-state index in [4.69, 9.17) is 11.6 Å². The number of aromatic nitrogens is 5. The average molecular weight is 546 g/mol. The van der Waals surface area contributed by atoms with Crippen LogP contribution in [0, 0.1) is 6.92 Å². The molecule has 0 atom stereocenters. The highest BCUT2D eigenvalue weighted by Gasteiger charge is 2.32. The fourth-order valence-electron chi connectivity index (χ4n) is 4.24. The summed E-state index contributed by atoms with van der Waals surface area (Å²) in [5, 5.41) is 24.8. The van der Waals surface area contributed by atoms with Gasteiger partial charge in [0.1, 0.15) is 5.69 Å². The number of nitrogens with zero attached hydrogens (tertiary/aromatic N) is 6. The summed E-state index contributed by atoms with van der Waals surface area (Å²) >= 11 is 6.37. The zero-order valence-corrected chi connectivity index (χ0v) is 21.1. The average Bonchev–Trinajstić information content (AvgIpc) is 3.44. The fraction of sp³-hybridized carbons (Fsp3) is 0.280. The molecular formula is C25H23ClF3N7O2. The van der Waals surface area contributed by atoms with Gasteiger partial charge in [-0.25, -0.2) is 4.68 Å². The number of carbonyl (C=O) groups is 1. The summed E-state index contributed by atoms with van der Waals surface area (Å²) in [5.41, 5.74) is 2.30. The molecule has 13 heteroatoms. The lowest BCUT2D eigenvalue weighted by Crippen LogP contribution is -2.49. The third kappa shape index (κ3) is 5.28. The van der Waals surface area contributed by atoms with E-state index in [9.17, 15) is 23.1 Å². The summed E-state index contributed by atoms with van der Waals surface area (Å²) in [6, 6.07) is 7.91. The standard InChI is InChI=1S/C25H23ClF3N7O2/c1-14-20(9-30-34(14)2)22-13-36(33-32-22)23-7-16(3-4-21(23)26)24(38)31-18-6-15(10-35-11-19(37)12-35)5-17(8-18)25(27,28)29/h3-9,13,19,37H,10-12H2,1-2H3,(H,31,38). The van der Waals surface area contributed by atoms with Gasteiger partial charge in [0.15, 0.2) is 0 Å². The van der Waals surface area contributed by atoms with Crippen molar-refractivity contribution in [2.45, 2.75) is 25.7 Å². The molecule has 4 aromatic rings. The maximum Gasteiger partial charge on any atom is 0.416 e. The first-order valence-electron chi connectivity index (χ1n) is 11.6. The summed E-state index contributed by atoms with van der Waals surface area (Å²) in [4.78, 5) is 14.9. The highest BCUT2D eigenvalue weighted by atomic mass is 35.5. The van der Waals surface area contributed by atoms with E-state index in [0.29, 0.717) is 35.1 Å². The summed E-state index contributed by atoms with van der Waals surface area (Å²) in [7, 11) is 1.81. The molecule has 5 rings (SSSR count).